The minimum atomic E-state index is -0.185. The van der Waals surface area contributed by atoms with Gasteiger partial charge in [0, 0.05) is 64.2 Å². The van der Waals surface area contributed by atoms with E-state index in [9.17, 15) is 14.4 Å². The van der Waals surface area contributed by atoms with Gasteiger partial charge in [-0.05, 0) is 18.1 Å². The lowest BCUT2D eigenvalue weighted by molar-refractivity contribution is -0.130. The molecule has 1 atom stereocenters. The molecule has 1 aromatic heterocycles. The zero-order chi connectivity index (χ0) is 20.5. The Morgan fingerprint density at radius 1 is 1.28 bits per heavy atom. The average molecular weight is 395 g/mol. The topological polar surface area (TPSA) is 89.6 Å². The van der Waals surface area contributed by atoms with Crippen molar-refractivity contribution in [3.05, 3.63) is 57.5 Å². The lowest BCUT2D eigenvalue weighted by Gasteiger charge is -2.20. The molecule has 8 heteroatoms. The first kappa shape index (κ1) is 19.2. The quantitative estimate of drug-likeness (QED) is 0.822. The summed E-state index contributed by atoms with van der Waals surface area (Å²) < 4.78 is 0. The maximum absolute atomic E-state index is 12.7. The van der Waals surface area contributed by atoms with Crippen molar-refractivity contribution in [1.29, 1.82) is 0 Å². The van der Waals surface area contributed by atoms with E-state index in [1.807, 2.05) is 43.3 Å². The second-order valence-corrected chi connectivity index (χ2v) is 7.85. The number of anilines is 1. The molecule has 29 heavy (non-hydrogen) atoms. The Morgan fingerprint density at radius 2 is 2.07 bits per heavy atom. The molecule has 2 aliphatic heterocycles. The van der Waals surface area contributed by atoms with E-state index >= 15 is 0 Å². The molecule has 1 fully saturated rings. The van der Waals surface area contributed by atoms with Gasteiger partial charge in [0.25, 0.3) is 11.5 Å². The normalized spacial score (nSPS) is 18.3. The first-order valence-corrected chi connectivity index (χ1v) is 9.86. The number of H-pyrrole nitrogens is 1. The molecular formula is C21H25N5O3. The summed E-state index contributed by atoms with van der Waals surface area (Å²) in [6, 6.07) is 9.10. The van der Waals surface area contributed by atoms with E-state index in [1.165, 1.54) is 6.07 Å². The van der Waals surface area contributed by atoms with E-state index in [1.54, 1.807) is 9.80 Å². The smallest absolute Gasteiger partial charge is 0.254 e. The summed E-state index contributed by atoms with van der Waals surface area (Å²) in [5.74, 6) is 0.604. The molecule has 0 bridgehead atoms. The van der Waals surface area contributed by atoms with Crippen molar-refractivity contribution in [2.45, 2.75) is 25.3 Å². The summed E-state index contributed by atoms with van der Waals surface area (Å²) in [6.07, 6.45) is 1.08. The number of benzene rings is 1. The van der Waals surface area contributed by atoms with Gasteiger partial charge in [-0.25, -0.2) is 4.98 Å². The molecule has 3 heterocycles. The molecule has 152 valence electrons. The number of rotatable bonds is 5. The zero-order valence-corrected chi connectivity index (χ0v) is 16.7. The van der Waals surface area contributed by atoms with Crippen molar-refractivity contribution < 1.29 is 9.59 Å². The van der Waals surface area contributed by atoms with Gasteiger partial charge in [0.05, 0.1) is 5.69 Å². The fourth-order valence-corrected chi connectivity index (χ4v) is 4.00. The van der Waals surface area contributed by atoms with Gasteiger partial charge in [-0.3, -0.25) is 19.4 Å². The fourth-order valence-electron chi connectivity index (χ4n) is 4.00. The van der Waals surface area contributed by atoms with Gasteiger partial charge in [-0.1, -0.05) is 18.2 Å². The molecule has 2 aliphatic rings. The van der Waals surface area contributed by atoms with Gasteiger partial charge < -0.3 is 14.7 Å². The monoisotopic (exact) mass is 395 g/mol. The van der Waals surface area contributed by atoms with Gasteiger partial charge in [-0.2, -0.15) is 0 Å². The third-order valence-electron chi connectivity index (χ3n) is 5.62. The lowest BCUT2D eigenvalue weighted by atomic mass is 10.1. The molecule has 2 amide bonds. The summed E-state index contributed by atoms with van der Waals surface area (Å²) in [5.41, 5.74) is 2.29. The maximum atomic E-state index is 12.7. The van der Waals surface area contributed by atoms with E-state index in [4.69, 9.17) is 0 Å². The highest BCUT2D eigenvalue weighted by Crippen LogP contribution is 2.27. The van der Waals surface area contributed by atoms with Crippen LogP contribution in [0.4, 0.5) is 5.95 Å². The Balaban J connectivity index is 1.35. The fraction of sp³-hybridized carbons (Fsp3) is 0.429. The summed E-state index contributed by atoms with van der Waals surface area (Å²) in [7, 11) is 3.65. The highest BCUT2D eigenvalue weighted by atomic mass is 16.2. The third kappa shape index (κ3) is 3.87. The molecule has 8 nitrogen and oxygen atoms in total. The predicted molar refractivity (Wildman–Crippen MR) is 109 cm³/mol. The van der Waals surface area contributed by atoms with Crippen LogP contribution in [0, 0.1) is 0 Å². The van der Waals surface area contributed by atoms with Crippen molar-refractivity contribution >= 4 is 17.8 Å². The lowest BCUT2D eigenvalue weighted by Crippen LogP contribution is -2.33. The van der Waals surface area contributed by atoms with Crippen LogP contribution < -0.4 is 10.5 Å². The minimum Gasteiger partial charge on any atom is -0.348 e. The molecule has 1 saturated heterocycles. The van der Waals surface area contributed by atoms with Crippen LogP contribution in [0.3, 0.4) is 0 Å². The molecule has 1 N–H and O–H groups in total. The highest BCUT2D eigenvalue weighted by molar-refractivity contribution is 5.98. The van der Waals surface area contributed by atoms with Gasteiger partial charge in [-0.15, -0.1) is 0 Å². The summed E-state index contributed by atoms with van der Waals surface area (Å²) in [4.78, 5) is 49.6. The summed E-state index contributed by atoms with van der Waals surface area (Å²) >= 11 is 0. The molecule has 0 spiro atoms. The standard InChI is InChI=1S/C21H25N5O3/c1-24(2)21-22-17(11-18(27)23-21)15-7-9-25(13-15)19(28)8-10-26-12-14-5-3-4-6-16(14)20(26)29/h3-6,11,15H,7-10,12-13H2,1-2H3,(H,22,23,27)/t15-/m0/s1. The van der Waals surface area contributed by atoms with E-state index in [0.29, 0.717) is 38.5 Å². The summed E-state index contributed by atoms with van der Waals surface area (Å²) in [5, 5.41) is 0. The van der Waals surface area contributed by atoms with Crippen LogP contribution in [-0.4, -0.2) is 65.3 Å². The number of hydrogen-bond donors (Lipinski definition) is 1. The number of aromatic nitrogens is 2. The molecule has 0 unspecified atom stereocenters. The Hall–Kier alpha value is -3.16. The highest BCUT2D eigenvalue weighted by Gasteiger charge is 2.31. The molecule has 1 aromatic carbocycles. The van der Waals surface area contributed by atoms with E-state index < -0.39 is 0 Å². The third-order valence-corrected chi connectivity index (χ3v) is 5.62. The van der Waals surface area contributed by atoms with E-state index in [2.05, 4.69) is 9.97 Å². The molecular weight excluding hydrogens is 370 g/mol. The second-order valence-electron chi connectivity index (χ2n) is 7.85. The number of fused-ring (bicyclic) bond motifs is 1. The van der Waals surface area contributed by atoms with Crippen LogP contribution in [0.15, 0.2) is 35.1 Å². The maximum Gasteiger partial charge on any atom is 0.254 e. The van der Waals surface area contributed by atoms with Crippen molar-refractivity contribution in [3.63, 3.8) is 0 Å². The van der Waals surface area contributed by atoms with Crippen LogP contribution >= 0.6 is 0 Å². The number of nitrogens with zero attached hydrogens (tertiary/aromatic N) is 4. The Morgan fingerprint density at radius 3 is 2.83 bits per heavy atom. The minimum absolute atomic E-state index is 0.00313. The molecule has 2 aromatic rings. The predicted octanol–water partition coefficient (Wildman–Crippen LogP) is 1.20. The number of amides is 2. The zero-order valence-electron chi connectivity index (χ0n) is 16.7. The first-order chi connectivity index (χ1) is 13.9. The largest absolute Gasteiger partial charge is 0.348 e. The number of carbonyl (C=O) groups is 2. The number of carbonyl (C=O) groups excluding carboxylic acids is 2. The number of hydrogen-bond acceptors (Lipinski definition) is 5. The SMILES string of the molecule is CN(C)c1nc([C@H]2CCN(C(=O)CCN3Cc4ccccc4C3=O)C2)cc(=O)[nH]1. The van der Waals surface area contributed by atoms with E-state index in [-0.39, 0.29) is 23.3 Å². The Kier molecular flexibility index (Phi) is 5.08. The van der Waals surface area contributed by atoms with Crippen LogP contribution in [0.2, 0.25) is 0 Å². The van der Waals surface area contributed by atoms with Gasteiger partial charge >= 0.3 is 0 Å². The van der Waals surface area contributed by atoms with Crippen molar-refractivity contribution in [2.75, 3.05) is 38.6 Å². The Bertz CT molecular complexity index is 1000. The van der Waals surface area contributed by atoms with Gasteiger partial charge in [0.2, 0.25) is 11.9 Å². The van der Waals surface area contributed by atoms with Gasteiger partial charge in [0.15, 0.2) is 0 Å². The van der Waals surface area contributed by atoms with Crippen molar-refractivity contribution in [1.82, 2.24) is 19.8 Å². The van der Waals surface area contributed by atoms with Crippen LogP contribution in [0.5, 0.6) is 0 Å². The van der Waals surface area contributed by atoms with E-state index in [0.717, 1.165) is 23.2 Å². The van der Waals surface area contributed by atoms with Crippen molar-refractivity contribution in [2.24, 2.45) is 0 Å². The van der Waals surface area contributed by atoms with Crippen LogP contribution in [0.25, 0.3) is 0 Å². The molecule has 0 aliphatic carbocycles. The average Bonchev–Trinajstić information content (AvgIpc) is 3.31. The number of likely N-dealkylation sites (tertiary alicyclic amines) is 1. The second kappa shape index (κ2) is 7.69. The summed E-state index contributed by atoms with van der Waals surface area (Å²) in [6.45, 7) is 2.18. The molecule has 0 radical (unpaired) electrons. The van der Waals surface area contributed by atoms with Crippen LogP contribution in [0.1, 0.15) is 40.4 Å². The number of nitrogens with one attached hydrogen (secondary N) is 1. The number of aromatic amines is 1. The van der Waals surface area contributed by atoms with Crippen molar-refractivity contribution in [3.8, 4) is 0 Å². The van der Waals surface area contributed by atoms with Gasteiger partial charge in [0.1, 0.15) is 0 Å². The molecule has 4 rings (SSSR count). The first-order valence-electron chi connectivity index (χ1n) is 9.86. The van der Waals surface area contributed by atoms with Crippen LogP contribution in [-0.2, 0) is 11.3 Å². The Labute approximate surface area is 169 Å². The molecule has 0 saturated carbocycles.